The molecule has 0 fully saturated rings. The second-order valence-corrected chi connectivity index (χ2v) is 5.07. The fourth-order valence-electron chi connectivity index (χ4n) is 2.17. The second kappa shape index (κ2) is 8.30. The van der Waals surface area contributed by atoms with Crippen molar-refractivity contribution in [2.45, 2.75) is 0 Å². The largest absolute Gasteiger partial charge is 0.493 e. The van der Waals surface area contributed by atoms with Crippen LogP contribution >= 0.6 is 0 Å². The van der Waals surface area contributed by atoms with E-state index in [0.717, 1.165) is 0 Å². The quantitative estimate of drug-likeness (QED) is 0.351. The standard InChI is InChI=1S/C18H14N2O6/c1-25-17-8-12(5-6-16(17)26-11-18(21)22)7-14(10-19)13-3-2-4-15(9-13)20(23)24/h2-9H,11H2,1H3,(H,21,22)/b14-7-. The molecule has 0 saturated heterocycles. The lowest BCUT2D eigenvalue weighted by Gasteiger charge is -2.10. The lowest BCUT2D eigenvalue weighted by molar-refractivity contribution is -0.384. The summed E-state index contributed by atoms with van der Waals surface area (Å²) in [6.07, 6.45) is 1.54. The molecule has 0 unspecified atom stereocenters. The number of nitro benzene ring substituents is 1. The van der Waals surface area contributed by atoms with E-state index in [2.05, 4.69) is 0 Å². The third kappa shape index (κ3) is 4.58. The van der Waals surface area contributed by atoms with Crippen molar-refractivity contribution in [1.29, 1.82) is 5.26 Å². The van der Waals surface area contributed by atoms with Gasteiger partial charge in [-0.2, -0.15) is 5.26 Å². The van der Waals surface area contributed by atoms with Crippen LogP contribution in [0.1, 0.15) is 11.1 Å². The van der Waals surface area contributed by atoms with Crippen LogP contribution in [0.5, 0.6) is 11.5 Å². The first-order chi connectivity index (χ1) is 12.4. The maximum absolute atomic E-state index is 10.9. The van der Waals surface area contributed by atoms with Crippen molar-refractivity contribution in [3.8, 4) is 17.6 Å². The molecule has 0 bridgehead atoms. The number of rotatable bonds is 7. The summed E-state index contributed by atoms with van der Waals surface area (Å²) in [5.41, 5.74) is 1.12. The first-order valence-corrected chi connectivity index (χ1v) is 7.34. The molecule has 0 radical (unpaired) electrons. The Morgan fingerprint density at radius 3 is 2.69 bits per heavy atom. The average molecular weight is 354 g/mol. The fraction of sp³-hybridized carbons (Fsp3) is 0.111. The molecule has 0 aliphatic heterocycles. The molecule has 2 rings (SSSR count). The highest BCUT2D eigenvalue weighted by molar-refractivity contribution is 5.90. The molecular weight excluding hydrogens is 340 g/mol. The first-order valence-electron chi connectivity index (χ1n) is 7.34. The van der Waals surface area contributed by atoms with Gasteiger partial charge in [-0.05, 0) is 29.3 Å². The van der Waals surface area contributed by atoms with Gasteiger partial charge < -0.3 is 14.6 Å². The van der Waals surface area contributed by atoms with E-state index in [0.29, 0.717) is 16.9 Å². The molecule has 26 heavy (non-hydrogen) atoms. The van der Waals surface area contributed by atoms with Crippen LogP contribution in [0.25, 0.3) is 11.6 Å². The van der Waals surface area contributed by atoms with Crippen LogP contribution in [0.2, 0.25) is 0 Å². The molecule has 0 saturated carbocycles. The van der Waals surface area contributed by atoms with Gasteiger partial charge in [0.25, 0.3) is 5.69 Å². The predicted octanol–water partition coefficient (Wildman–Crippen LogP) is 3.13. The Labute approximate surface area is 148 Å². The topological polar surface area (TPSA) is 123 Å². The van der Waals surface area contributed by atoms with E-state index in [1.54, 1.807) is 24.3 Å². The highest BCUT2D eigenvalue weighted by Crippen LogP contribution is 2.30. The number of nitriles is 1. The highest BCUT2D eigenvalue weighted by atomic mass is 16.6. The molecule has 0 atom stereocenters. The minimum absolute atomic E-state index is 0.112. The van der Waals surface area contributed by atoms with Crippen LogP contribution in [-0.4, -0.2) is 29.7 Å². The summed E-state index contributed by atoms with van der Waals surface area (Å²) in [6, 6.07) is 12.5. The molecule has 0 spiro atoms. The number of methoxy groups -OCH3 is 1. The van der Waals surface area contributed by atoms with Gasteiger partial charge in [-0.3, -0.25) is 10.1 Å². The van der Waals surface area contributed by atoms with Crippen molar-refractivity contribution >= 4 is 23.3 Å². The van der Waals surface area contributed by atoms with Crippen molar-refractivity contribution in [3.63, 3.8) is 0 Å². The molecule has 8 nitrogen and oxygen atoms in total. The van der Waals surface area contributed by atoms with Crippen molar-refractivity contribution < 1.29 is 24.3 Å². The van der Waals surface area contributed by atoms with Gasteiger partial charge in [-0.25, -0.2) is 4.79 Å². The van der Waals surface area contributed by atoms with Crippen molar-refractivity contribution in [2.24, 2.45) is 0 Å². The average Bonchev–Trinajstić information content (AvgIpc) is 2.64. The minimum Gasteiger partial charge on any atom is -0.493 e. The van der Waals surface area contributed by atoms with Crippen LogP contribution in [0, 0.1) is 21.4 Å². The van der Waals surface area contributed by atoms with E-state index in [4.69, 9.17) is 14.6 Å². The molecule has 2 aromatic carbocycles. The number of carboxylic acids is 1. The monoisotopic (exact) mass is 354 g/mol. The maximum Gasteiger partial charge on any atom is 0.341 e. The molecule has 0 aliphatic carbocycles. The Morgan fingerprint density at radius 1 is 1.31 bits per heavy atom. The van der Waals surface area contributed by atoms with Gasteiger partial charge >= 0.3 is 5.97 Å². The third-order valence-corrected chi connectivity index (χ3v) is 3.34. The highest BCUT2D eigenvalue weighted by Gasteiger charge is 2.11. The number of carbonyl (C=O) groups is 1. The molecule has 0 aliphatic rings. The van der Waals surface area contributed by atoms with Gasteiger partial charge in [0.2, 0.25) is 0 Å². The third-order valence-electron chi connectivity index (χ3n) is 3.34. The summed E-state index contributed by atoms with van der Waals surface area (Å²) in [4.78, 5) is 20.9. The molecule has 0 heterocycles. The zero-order valence-electron chi connectivity index (χ0n) is 13.7. The van der Waals surface area contributed by atoms with Gasteiger partial charge in [0.15, 0.2) is 18.1 Å². The number of hydrogen-bond donors (Lipinski definition) is 1. The number of hydrogen-bond acceptors (Lipinski definition) is 6. The zero-order chi connectivity index (χ0) is 19.1. The second-order valence-electron chi connectivity index (χ2n) is 5.07. The number of ether oxygens (including phenoxy) is 2. The normalized spacial score (nSPS) is 10.7. The Morgan fingerprint density at radius 2 is 2.08 bits per heavy atom. The molecule has 0 amide bonds. The summed E-state index contributed by atoms with van der Waals surface area (Å²) in [5, 5.41) is 28.9. The lowest BCUT2D eigenvalue weighted by atomic mass is 10.0. The molecule has 0 aromatic heterocycles. The number of benzene rings is 2. The van der Waals surface area contributed by atoms with E-state index in [1.165, 1.54) is 31.4 Å². The first kappa shape index (κ1) is 18.5. The van der Waals surface area contributed by atoms with Crippen molar-refractivity contribution in [2.75, 3.05) is 13.7 Å². The van der Waals surface area contributed by atoms with Crippen LogP contribution < -0.4 is 9.47 Å². The molecule has 132 valence electrons. The summed E-state index contributed by atoms with van der Waals surface area (Å²) < 4.78 is 10.3. The Bertz CT molecular complexity index is 914. The minimum atomic E-state index is -1.12. The number of nitrogens with zero attached hydrogens (tertiary/aromatic N) is 2. The smallest absolute Gasteiger partial charge is 0.341 e. The molecular formula is C18H14N2O6. The summed E-state index contributed by atoms with van der Waals surface area (Å²) in [6.45, 7) is -0.511. The number of allylic oxidation sites excluding steroid dienone is 1. The number of nitro groups is 1. The predicted molar refractivity (Wildman–Crippen MR) is 92.7 cm³/mol. The van der Waals surface area contributed by atoms with Crippen molar-refractivity contribution in [1.82, 2.24) is 0 Å². The van der Waals surface area contributed by atoms with E-state index in [9.17, 15) is 20.2 Å². The van der Waals surface area contributed by atoms with E-state index in [1.807, 2.05) is 6.07 Å². The Kier molecular flexibility index (Phi) is 5.90. The van der Waals surface area contributed by atoms with Gasteiger partial charge in [0.1, 0.15) is 0 Å². The van der Waals surface area contributed by atoms with E-state index < -0.39 is 17.5 Å². The number of non-ortho nitro benzene ring substituents is 1. The van der Waals surface area contributed by atoms with Gasteiger partial charge in [0, 0.05) is 12.1 Å². The van der Waals surface area contributed by atoms with Crippen LogP contribution in [0.4, 0.5) is 5.69 Å². The van der Waals surface area contributed by atoms with Crippen LogP contribution in [-0.2, 0) is 4.79 Å². The zero-order valence-corrected chi connectivity index (χ0v) is 13.7. The molecule has 1 N–H and O–H groups in total. The van der Waals surface area contributed by atoms with Crippen LogP contribution in [0.15, 0.2) is 42.5 Å². The van der Waals surface area contributed by atoms with Gasteiger partial charge in [-0.15, -0.1) is 0 Å². The Balaban J connectivity index is 2.37. The SMILES string of the molecule is COc1cc(/C=C(/C#N)c2cccc([N+](=O)[O-])c2)ccc1OCC(=O)O. The fourth-order valence-corrected chi connectivity index (χ4v) is 2.17. The van der Waals surface area contributed by atoms with Crippen LogP contribution in [0.3, 0.4) is 0 Å². The van der Waals surface area contributed by atoms with E-state index in [-0.39, 0.29) is 17.0 Å². The maximum atomic E-state index is 10.9. The Hall–Kier alpha value is -3.86. The number of aliphatic carboxylic acids is 1. The summed E-state index contributed by atoms with van der Waals surface area (Å²) in [7, 11) is 1.40. The van der Waals surface area contributed by atoms with Gasteiger partial charge in [0.05, 0.1) is 23.7 Å². The number of carboxylic acid groups (broad SMARTS) is 1. The summed E-state index contributed by atoms with van der Waals surface area (Å²) in [5.74, 6) is -0.564. The van der Waals surface area contributed by atoms with Gasteiger partial charge in [-0.1, -0.05) is 18.2 Å². The van der Waals surface area contributed by atoms with E-state index >= 15 is 0 Å². The lowest BCUT2D eigenvalue weighted by Crippen LogP contribution is -2.10. The molecule has 8 heteroatoms. The van der Waals surface area contributed by atoms with Crippen molar-refractivity contribution in [3.05, 3.63) is 63.7 Å². The molecule has 2 aromatic rings. The summed E-state index contributed by atoms with van der Waals surface area (Å²) >= 11 is 0.